The van der Waals surface area contributed by atoms with Gasteiger partial charge in [0.1, 0.15) is 11.6 Å². The second kappa shape index (κ2) is 6.04. The van der Waals surface area contributed by atoms with Crippen LogP contribution < -0.4 is 10.1 Å². The second-order valence-corrected chi connectivity index (χ2v) is 5.84. The fourth-order valence-corrected chi connectivity index (χ4v) is 3.12. The summed E-state index contributed by atoms with van der Waals surface area (Å²) in [5.74, 6) is 0.236. The monoisotopic (exact) mass is 342 g/mol. The van der Waals surface area contributed by atoms with Crippen LogP contribution in [0.3, 0.4) is 0 Å². The molecule has 25 heavy (non-hydrogen) atoms. The van der Waals surface area contributed by atoms with Crippen molar-refractivity contribution in [1.82, 2.24) is 9.38 Å². The van der Waals surface area contributed by atoms with Gasteiger partial charge in [-0.3, -0.25) is 0 Å². The van der Waals surface area contributed by atoms with Crippen LogP contribution in [0.1, 0.15) is 24.4 Å². The van der Waals surface area contributed by atoms with E-state index in [0.29, 0.717) is 30.0 Å². The predicted molar refractivity (Wildman–Crippen MR) is 89.3 cm³/mol. The largest absolute Gasteiger partial charge is 0.493 e. The molecule has 1 aromatic carbocycles. The Balaban J connectivity index is 1.78. The summed E-state index contributed by atoms with van der Waals surface area (Å²) in [7, 11) is 0. The van der Waals surface area contributed by atoms with Gasteiger partial charge in [-0.1, -0.05) is 6.07 Å². The van der Waals surface area contributed by atoms with Gasteiger partial charge in [-0.2, -0.15) is 9.38 Å². The maximum absolute atomic E-state index is 13.7. The number of ether oxygens (including phenoxy) is 1. The Hall–Kier alpha value is -3.16. The van der Waals surface area contributed by atoms with Gasteiger partial charge in [0, 0.05) is 11.6 Å². The molecule has 1 atom stereocenters. The average molecular weight is 342 g/mol. The van der Waals surface area contributed by atoms with E-state index in [9.17, 15) is 14.5 Å². The molecule has 3 aromatic rings. The van der Waals surface area contributed by atoms with Gasteiger partial charge < -0.3 is 20.2 Å². The number of halogens is 1. The molecule has 0 saturated carbocycles. The van der Waals surface area contributed by atoms with Crippen molar-refractivity contribution < 1.29 is 14.1 Å². The van der Waals surface area contributed by atoms with Crippen molar-refractivity contribution in [3.63, 3.8) is 0 Å². The molecule has 0 fully saturated rings. The number of imidazole rings is 1. The normalized spacial score (nSPS) is 16.8. The molecule has 1 aliphatic heterocycles. The first kappa shape index (κ1) is 15.4. The highest BCUT2D eigenvalue weighted by Crippen LogP contribution is 2.36. The van der Waals surface area contributed by atoms with E-state index in [2.05, 4.69) is 10.3 Å². The fraction of sp³-hybridized carbons (Fsp3) is 0.235. The van der Waals surface area contributed by atoms with Crippen LogP contribution in [0.25, 0.3) is 5.65 Å². The van der Waals surface area contributed by atoms with Crippen molar-refractivity contribution in [3.8, 4) is 5.75 Å². The number of anilines is 1. The second-order valence-electron chi connectivity index (χ2n) is 5.84. The van der Waals surface area contributed by atoms with E-state index >= 15 is 0 Å². The number of nitro groups is 1. The summed E-state index contributed by atoms with van der Waals surface area (Å²) in [5.41, 5.74) is 1.12. The lowest BCUT2D eigenvalue weighted by atomic mass is 10.0. The third kappa shape index (κ3) is 2.75. The third-order valence-electron chi connectivity index (χ3n) is 4.23. The molecular weight excluding hydrogens is 327 g/mol. The molecular formula is C17H15FN4O3. The maximum atomic E-state index is 13.7. The summed E-state index contributed by atoms with van der Waals surface area (Å²) in [5, 5.41) is 14.6. The first-order valence-electron chi connectivity index (χ1n) is 7.94. The van der Waals surface area contributed by atoms with Crippen molar-refractivity contribution in [2.45, 2.75) is 18.9 Å². The number of benzene rings is 1. The van der Waals surface area contributed by atoms with E-state index in [4.69, 9.17) is 4.74 Å². The maximum Gasteiger partial charge on any atom is 0.372 e. The molecule has 0 radical (unpaired) electrons. The zero-order valence-corrected chi connectivity index (χ0v) is 13.2. The molecule has 1 aliphatic rings. The standard InChI is InChI=1S/C17H15FN4O3/c18-11-6-7-14-12(10-11)13(4-3-9-25-14)19-16-17(22(23)24)21-8-2-1-5-15(21)20-16/h1-2,5-8,10,13,19H,3-4,9H2/t13-/m1/s1. The highest BCUT2D eigenvalue weighted by molar-refractivity contribution is 5.63. The topological polar surface area (TPSA) is 81.7 Å². The molecule has 0 spiro atoms. The van der Waals surface area contributed by atoms with Gasteiger partial charge in [0.05, 0.1) is 18.8 Å². The van der Waals surface area contributed by atoms with Crippen molar-refractivity contribution in [2.24, 2.45) is 0 Å². The summed E-state index contributed by atoms with van der Waals surface area (Å²) in [6, 6.07) is 9.17. The number of fused-ring (bicyclic) bond motifs is 2. The van der Waals surface area contributed by atoms with E-state index in [1.165, 1.54) is 16.5 Å². The van der Waals surface area contributed by atoms with Crippen LogP contribution in [0, 0.1) is 15.9 Å². The smallest absolute Gasteiger partial charge is 0.372 e. The molecule has 0 unspecified atom stereocenters. The zero-order chi connectivity index (χ0) is 17.4. The number of pyridine rings is 1. The minimum absolute atomic E-state index is 0.140. The minimum Gasteiger partial charge on any atom is -0.493 e. The minimum atomic E-state index is -0.470. The van der Waals surface area contributed by atoms with Gasteiger partial charge in [-0.15, -0.1) is 0 Å². The summed E-state index contributed by atoms with van der Waals surface area (Å²) in [4.78, 5) is 15.4. The summed E-state index contributed by atoms with van der Waals surface area (Å²) >= 11 is 0. The van der Waals surface area contributed by atoms with Crippen LogP contribution in [0.4, 0.5) is 16.0 Å². The Bertz CT molecular complexity index is 956. The van der Waals surface area contributed by atoms with E-state index in [0.717, 1.165) is 6.42 Å². The van der Waals surface area contributed by atoms with Crippen LogP contribution in [0.15, 0.2) is 42.6 Å². The molecule has 0 bridgehead atoms. The third-order valence-corrected chi connectivity index (χ3v) is 4.23. The Morgan fingerprint density at radius 2 is 2.24 bits per heavy atom. The number of rotatable bonds is 3. The number of hydrogen-bond donors (Lipinski definition) is 1. The Labute approximate surface area is 142 Å². The van der Waals surface area contributed by atoms with Crippen molar-refractivity contribution in [3.05, 3.63) is 64.1 Å². The molecule has 1 N–H and O–H groups in total. The summed E-state index contributed by atoms with van der Waals surface area (Å²) in [6.45, 7) is 0.518. The lowest BCUT2D eigenvalue weighted by Gasteiger charge is -2.18. The van der Waals surface area contributed by atoms with Gasteiger partial charge >= 0.3 is 5.82 Å². The van der Waals surface area contributed by atoms with Crippen molar-refractivity contribution >= 4 is 17.3 Å². The first-order valence-corrected chi connectivity index (χ1v) is 7.94. The molecule has 0 saturated heterocycles. The molecule has 3 heterocycles. The molecule has 4 rings (SSSR count). The van der Waals surface area contributed by atoms with Crippen LogP contribution in [0.5, 0.6) is 5.75 Å². The van der Waals surface area contributed by atoms with Gasteiger partial charge in [-0.05, 0) is 42.0 Å². The molecule has 8 heteroatoms. The number of hydrogen-bond acceptors (Lipinski definition) is 5. The number of nitrogens with one attached hydrogen (secondary N) is 1. The van der Waals surface area contributed by atoms with Crippen LogP contribution in [0.2, 0.25) is 0 Å². The predicted octanol–water partition coefficient (Wildman–Crippen LogP) is 3.71. The van der Waals surface area contributed by atoms with E-state index in [1.54, 1.807) is 30.5 Å². The molecule has 128 valence electrons. The molecule has 2 aromatic heterocycles. The Kier molecular flexibility index (Phi) is 3.72. The summed E-state index contributed by atoms with van der Waals surface area (Å²) in [6.07, 6.45) is 2.99. The highest BCUT2D eigenvalue weighted by Gasteiger charge is 2.27. The van der Waals surface area contributed by atoms with Crippen molar-refractivity contribution in [2.75, 3.05) is 11.9 Å². The molecule has 0 amide bonds. The first-order chi connectivity index (χ1) is 12.1. The summed E-state index contributed by atoms with van der Waals surface area (Å²) < 4.78 is 20.8. The lowest BCUT2D eigenvalue weighted by Crippen LogP contribution is -2.12. The lowest BCUT2D eigenvalue weighted by molar-refractivity contribution is -0.389. The van der Waals surface area contributed by atoms with Gasteiger partial charge in [-0.25, -0.2) is 4.39 Å². The fourth-order valence-electron chi connectivity index (χ4n) is 3.12. The van der Waals surface area contributed by atoms with Gasteiger partial charge in [0.2, 0.25) is 11.5 Å². The zero-order valence-electron chi connectivity index (χ0n) is 13.2. The van der Waals surface area contributed by atoms with Gasteiger partial charge in [0.25, 0.3) is 0 Å². The van der Waals surface area contributed by atoms with Crippen LogP contribution in [-0.2, 0) is 0 Å². The number of aromatic nitrogens is 2. The van der Waals surface area contributed by atoms with E-state index < -0.39 is 4.92 Å². The van der Waals surface area contributed by atoms with Crippen molar-refractivity contribution in [1.29, 1.82) is 0 Å². The molecule has 7 nitrogen and oxygen atoms in total. The molecule has 0 aliphatic carbocycles. The van der Waals surface area contributed by atoms with Crippen LogP contribution >= 0.6 is 0 Å². The average Bonchev–Trinajstić information content (AvgIpc) is 2.85. The van der Waals surface area contributed by atoms with Gasteiger partial charge in [0.15, 0.2) is 0 Å². The number of nitrogens with zero attached hydrogens (tertiary/aromatic N) is 3. The quantitative estimate of drug-likeness (QED) is 0.580. The Morgan fingerprint density at radius 3 is 3.08 bits per heavy atom. The SMILES string of the molecule is O=[N+]([O-])c1c(N[C@@H]2CCCOc3ccc(F)cc32)nc2ccccn12. The van der Waals surface area contributed by atoms with E-state index in [1.807, 2.05) is 0 Å². The highest BCUT2D eigenvalue weighted by atomic mass is 19.1. The van der Waals surface area contributed by atoms with Crippen LogP contribution in [-0.4, -0.2) is 20.9 Å². The van der Waals surface area contributed by atoms with E-state index in [-0.39, 0.29) is 23.5 Å². The Morgan fingerprint density at radius 1 is 1.36 bits per heavy atom.